The first-order valence-corrected chi connectivity index (χ1v) is 7.86. The van der Waals surface area contributed by atoms with Crippen LogP contribution < -0.4 is 5.32 Å². The number of rotatable bonds is 4. The molecule has 1 N–H and O–H groups in total. The van der Waals surface area contributed by atoms with Crippen molar-refractivity contribution in [2.24, 2.45) is 0 Å². The van der Waals surface area contributed by atoms with E-state index in [9.17, 15) is 0 Å². The van der Waals surface area contributed by atoms with Gasteiger partial charge in [-0.25, -0.2) is 9.67 Å². The van der Waals surface area contributed by atoms with Crippen molar-refractivity contribution in [1.29, 1.82) is 0 Å². The molecular weight excluding hydrogens is 320 g/mol. The van der Waals surface area contributed by atoms with Crippen LogP contribution in [0.2, 0.25) is 0 Å². The molecule has 4 aromatic rings. The van der Waals surface area contributed by atoms with Crippen LogP contribution in [-0.4, -0.2) is 35.3 Å². The van der Waals surface area contributed by atoms with E-state index in [4.69, 9.17) is 4.52 Å². The van der Waals surface area contributed by atoms with E-state index < -0.39 is 0 Å². The van der Waals surface area contributed by atoms with Crippen molar-refractivity contribution < 1.29 is 4.52 Å². The standard InChI is InChI=1S/C16H16N8O/c1-9(2)24-15(20-22-23-24)11-5-4-6-12(7-11)19-14-13-10(3)21-25-16(13)18-8-17-14/h4-9H,1-3H3,(H,17,18,19). The van der Waals surface area contributed by atoms with Crippen LogP contribution in [0.25, 0.3) is 22.5 Å². The smallest absolute Gasteiger partial charge is 0.263 e. The van der Waals surface area contributed by atoms with Gasteiger partial charge in [-0.15, -0.1) is 5.10 Å². The van der Waals surface area contributed by atoms with Gasteiger partial charge in [-0.3, -0.25) is 0 Å². The third-order valence-corrected chi connectivity index (χ3v) is 3.81. The second kappa shape index (κ2) is 5.93. The largest absolute Gasteiger partial charge is 0.339 e. The molecule has 0 radical (unpaired) electrons. The van der Waals surface area contributed by atoms with Crippen LogP contribution in [0.15, 0.2) is 35.1 Å². The van der Waals surface area contributed by atoms with Gasteiger partial charge in [0.05, 0.1) is 11.7 Å². The molecule has 3 heterocycles. The lowest BCUT2D eigenvalue weighted by atomic mass is 10.1. The molecule has 0 aliphatic carbocycles. The SMILES string of the molecule is Cc1noc2ncnc(Nc3cccc(-c4nnnn4C(C)C)c3)c12. The molecular formula is C16H16N8O. The number of nitrogens with one attached hydrogen (secondary N) is 1. The van der Waals surface area contributed by atoms with E-state index >= 15 is 0 Å². The third kappa shape index (κ3) is 2.69. The minimum absolute atomic E-state index is 0.169. The van der Waals surface area contributed by atoms with Crippen LogP contribution in [0.3, 0.4) is 0 Å². The molecule has 9 nitrogen and oxygen atoms in total. The fourth-order valence-corrected chi connectivity index (χ4v) is 2.62. The second-order valence-corrected chi connectivity index (χ2v) is 5.92. The van der Waals surface area contributed by atoms with E-state index in [0.717, 1.165) is 22.3 Å². The predicted octanol–water partition coefficient (Wildman–Crippen LogP) is 2.90. The normalized spacial score (nSPS) is 11.4. The van der Waals surface area contributed by atoms with E-state index in [2.05, 4.69) is 36.0 Å². The maximum absolute atomic E-state index is 5.18. The molecule has 0 aliphatic rings. The zero-order chi connectivity index (χ0) is 17.4. The Kier molecular flexibility index (Phi) is 3.60. The Morgan fingerprint density at radius 3 is 2.92 bits per heavy atom. The van der Waals surface area contributed by atoms with Crippen molar-refractivity contribution in [3.8, 4) is 11.4 Å². The van der Waals surface area contributed by atoms with Crippen molar-refractivity contribution in [1.82, 2.24) is 35.3 Å². The lowest BCUT2D eigenvalue weighted by Crippen LogP contribution is -2.05. The van der Waals surface area contributed by atoms with Gasteiger partial charge in [0.1, 0.15) is 17.5 Å². The average molecular weight is 336 g/mol. The molecule has 0 saturated heterocycles. The summed E-state index contributed by atoms with van der Waals surface area (Å²) in [5.74, 6) is 1.36. The predicted molar refractivity (Wildman–Crippen MR) is 91.3 cm³/mol. The van der Waals surface area contributed by atoms with E-state index in [1.165, 1.54) is 6.33 Å². The summed E-state index contributed by atoms with van der Waals surface area (Å²) in [6, 6.07) is 8.00. The summed E-state index contributed by atoms with van der Waals surface area (Å²) < 4.78 is 6.96. The highest BCUT2D eigenvalue weighted by molar-refractivity contribution is 5.89. The van der Waals surface area contributed by atoms with Gasteiger partial charge in [-0.2, -0.15) is 4.98 Å². The van der Waals surface area contributed by atoms with E-state index in [1.807, 2.05) is 45.0 Å². The van der Waals surface area contributed by atoms with Gasteiger partial charge in [0.25, 0.3) is 5.71 Å². The first-order chi connectivity index (χ1) is 12.1. The Labute approximate surface area is 143 Å². The number of nitrogens with zero attached hydrogens (tertiary/aromatic N) is 7. The van der Waals surface area contributed by atoms with Gasteiger partial charge in [0, 0.05) is 11.3 Å². The minimum Gasteiger partial charge on any atom is -0.339 e. The van der Waals surface area contributed by atoms with Crippen LogP contribution in [0.5, 0.6) is 0 Å². The number of aromatic nitrogens is 7. The molecule has 0 unspecified atom stereocenters. The lowest BCUT2D eigenvalue weighted by Gasteiger charge is -2.10. The summed E-state index contributed by atoms with van der Waals surface area (Å²) in [5, 5.41) is 20.0. The zero-order valence-corrected chi connectivity index (χ0v) is 14.0. The molecule has 126 valence electrons. The summed E-state index contributed by atoms with van der Waals surface area (Å²) in [5.41, 5.74) is 2.96. The Hall–Kier alpha value is -3.36. The third-order valence-electron chi connectivity index (χ3n) is 3.81. The van der Waals surface area contributed by atoms with Crippen LogP contribution in [0.4, 0.5) is 11.5 Å². The molecule has 0 fully saturated rings. The molecule has 0 atom stereocenters. The van der Waals surface area contributed by atoms with Gasteiger partial charge in [-0.1, -0.05) is 17.3 Å². The topological polar surface area (TPSA) is 107 Å². The fraction of sp³-hybridized carbons (Fsp3) is 0.250. The van der Waals surface area contributed by atoms with Crippen molar-refractivity contribution in [3.05, 3.63) is 36.3 Å². The highest BCUT2D eigenvalue weighted by Crippen LogP contribution is 2.28. The van der Waals surface area contributed by atoms with E-state index in [-0.39, 0.29) is 6.04 Å². The molecule has 1 aromatic carbocycles. The summed E-state index contributed by atoms with van der Waals surface area (Å²) in [7, 11) is 0. The average Bonchev–Trinajstić information content (AvgIpc) is 3.23. The summed E-state index contributed by atoms with van der Waals surface area (Å²) in [6.45, 7) is 5.93. The van der Waals surface area contributed by atoms with Crippen LogP contribution in [-0.2, 0) is 0 Å². The number of aryl methyl sites for hydroxylation is 1. The van der Waals surface area contributed by atoms with Crippen LogP contribution >= 0.6 is 0 Å². The maximum Gasteiger partial charge on any atom is 0.263 e. The monoisotopic (exact) mass is 336 g/mol. The number of hydrogen-bond donors (Lipinski definition) is 1. The van der Waals surface area contributed by atoms with Crippen molar-refractivity contribution >= 4 is 22.6 Å². The van der Waals surface area contributed by atoms with Gasteiger partial charge in [-0.05, 0) is 43.3 Å². The Morgan fingerprint density at radius 2 is 2.08 bits per heavy atom. The highest BCUT2D eigenvalue weighted by atomic mass is 16.5. The Morgan fingerprint density at radius 1 is 1.20 bits per heavy atom. The second-order valence-electron chi connectivity index (χ2n) is 5.92. The first-order valence-electron chi connectivity index (χ1n) is 7.86. The van der Waals surface area contributed by atoms with Crippen molar-refractivity contribution in [2.45, 2.75) is 26.8 Å². The molecule has 9 heteroatoms. The van der Waals surface area contributed by atoms with Gasteiger partial charge in [0.2, 0.25) is 0 Å². The Balaban J connectivity index is 1.72. The fourth-order valence-electron chi connectivity index (χ4n) is 2.62. The Bertz CT molecular complexity index is 1040. The molecule has 0 aliphatic heterocycles. The lowest BCUT2D eigenvalue weighted by molar-refractivity contribution is 0.442. The summed E-state index contributed by atoms with van der Waals surface area (Å²) in [6.07, 6.45) is 1.44. The molecule has 4 rings (SSSR count). The number of hydrogen-bond acceptors (Lipinski definition) is 8. The highest BCUT2D eigenvalue weighted by Gasteiger charge is 2.14. The number of fused-ring (bicyclic) bond motifs is 1. The van der Waals surface area contributed by atoms with E-state index in [0.29, 0.717) is 17.4 Å². The summed E-state index contributed by atoms with van der Waals surface area (Å²) >= 11 is 0. The molecule has 3 aromatic heterocycles. The molecule has 0 bridgehead atoms. The van der Waals surface area contributed by atoms with Gasteiger partial charge < -0.3 is 9.84 Å². The van der Waals surface area contributed by atoms with Gasteiger partial charge in [0.15, 0.2) is 5.82 Å². The van der Waals surface area contributed by atoms with Crippen molar-refractivity contribution in [3.63, 3.8) is 0 Å². The van der Waals surface area contributed by atoms with Crippen molar-refractivity contribution in [2.75, 3.05) is 5.32 Å². The van der Waals surface area contributed by atoms with E-state index in [1.54, 1.807) is 4.68 Å². The van der Waals surface area contributed by atoms with Crippen LogP contribution in [0, 0.1) is 6.92 Å². The number of benzene rings is 1. The first kappa shape index (κ1) is 15.2. The van der Waals surface area contributed by atoms with Gasteiger partial charge >= 0.3 is 0 Å². The molecule has 25 heavy (non-hydrogen) atoms. The number of anilines is 2. The quantitative estimate of drug-likeness (QED) is 0.606. The molecule has 0 saturated carbocycles. The minimum atomic E-state index is 0.169. The van der Waals surface area contributed by atoms with Crippen LogP contribution in [0.1, 0.15) is 25.6 Å². The number of tetrazole rings is 1. The zero-order valence-electron chi connectivity index (χ0n) is 14.0. The molecule has 0 amide bonds. The summed E-state index contributed by atoms with van der Waals surface area (Å²) in [4.78, 5) is 8.39. The molecule has 0 spiro atoms. The maximum atomic E-state index is 5.18.